The highest BCUT2D eigenvalue weighted by Crippen LogP contribution is 2.69. The van der Waals surface area contributed by atoms with Crippen LogP contribution in [0.4, 0.5) is 5.69 Å². The first kappa shape index (κ1) is 18.1. The van der Waals surface area contributed by atoms with E-state index in [-0.39, 0.29) is 5.41 Å². The van der Waals surface area contributed by atoms with Gasteiger partial charge < -0.3 is 0 Å². The van der Waals surface area contributed by atoms with Crippen molar-refractivity contribution >= 4 is 17.3 Å². The predicted octanol–water partition coefficient (Wildman–Crippen LogP) is 8.28. The number of fused-ring (bicyclic) bond motifs is 3. The van der Waals surface area contributed by atoms with Gasteiger partial charge in [-0.2, -0.15) is 0 Å². The summed E-state index contributed by atoms with van der Waals surface area (Å²) < 4.78 is 0. The van der Waals surface area contributed by atoms with Crippen molar-refractivity contribution in [2.24, 2.45) is 23.7 Å². The molecule has 0 aliphatic heterocycles. The summed E-state index contributed by atoms with van der Waals surface area (Å²) in [7, 11) is 0. The number of hydrogen-bond acceptors (Lipinski definition) is 0. The van der Waals surface area contributed by atoms with Gasteiger partial charge in [0.05, 0.1) is 6.57 Å². The average molecular weight is 422 g/mol. The molecule has 0 heterocycles. The topological polar surface area (TPSA) is 4.36 Å². The Balaban J connectivity index is 1.50. The second-order valence-corrected chi connectivity index (χ2v) is 10.7. The maximum absolute atomic E-state index is 7.65. The van der Waals surface area contributed by atoms with Crippen molar-refractivity contribution in [3.8, 4) is 22.3 Å². The predicted molar refractivity (Wildman–Crippen MR) is 126 cm³/mol. The van der Waals surface area contributed by atoms with Crippen molar-refractivity contribution in [3.63, 3.8) is 0 Å². The summed E-state index contributed by atoms with van der Waals surface area (Å²) in [6.07, 6.45) is 6.90. The van der Waals surface area contributed by atoms with Crippen molar-refractivity contribution in [2.75, 3.05) is 0 Å². The summed E-state index contributed by atoms with van der Waals surface area (Å²) >= 11 is 6.56. The SMILES string of the molecule is [C-]#[N+]c1ccc2c(c1)C1(c3ccc(-c4ccccc4Cl)cc3-2)C2CC3CC(C2)CC1C3. The smallest absolute Gasteiger partial charge is 0.187 e. The van der Waals surface area contributed by atoms with Crippen LogP contribution in [-0.4, -0.2) is 0 Å². The zero-order valence-corrected chi connectivity index (χ0v) is 18.2. The van der Waals surface area contributed by atoms with E-state index in [1.807, 2.05) is 18.2 Å². The normalized spacial score (nSPS) is 31.5. The third-order valence-electron chi connectivity index (χ3n) is 8.94. The molecule has 0 amide bonds. The van der Waals surface area contributed by atoms with Crippen LogP contribution in [0.3, 0.4) is 0 Å². The molecule has 2 heteroatoms. The first-order valence-corrected chi connectivity index (χ1v) is 12.0. The van der Waals surface area contributed by atoms with Gasteiger partial charge in [-0.1, -0.05) is 60.1 Å². The van der Waals surface area contributed by atoms with E-state index < -0.39 is 0 Å². The van der Waals surface area contributed by atoms with Crippen LogP contribution in [0.5, 0.6) is 0 Å². The van der Waals surface area contributed by atoms with E-state index in [2.05, 4.69) is 47.3 Å². The van der Waals surface area contributed by atoms with Crippen LogP contribution < -0.4 is 0 Å². The lowest BCUT2D eigenvalue weighted by molar-refractivity contribution is -0.0399. The summed E-state index contributed by atoms with van der Waals surface area (Å²) in [6.45, 7) is 7.65. The lowest BCUT2D eigenvalue weighted by atomic mass is 9.43. The standard InChI is InChI=1S/C29H24ClN/c1-31-22-7-8-24-25-15-19(23-4-2-3-5-28(23)30)6-9-26(25)29(27(24)16-22)20-11-17-10-18(13-20)14-21(29)12-17/h2-9,15-18,20-21H,10-14H2. The number of rotatable bonds is 1. The van der Waals surface area contributed by atoms with Crippen LogP contribution in [0.1, 0.15) is 43.2 Å². The van der Waals surface area contributed by atoms with E-state index in [1.54, 1.807) is 0 Å². The van der Waals surface area contributed by atoms with E-state index in [0.29, 0.717) is 0 Å². The van der Waals surface area contributed by atoms with Crippen molar-refractivity contribution in [1.82, 2.24) is 0 Å². The Morgan fingerprint density at radius 2 is 1.48 bits per heavy atom. The molecule has 0 N–H and O–H groups in total. The Hall–Kier alpha value is -2.56. The van der Waals surface area contributed by atoms with Gasteiger partial charge in [0.2, 0.25) is 0 Å². The van der Waals surface area contributed by atoms with Gasteiger partial charge in [-0.25, -0.2) is 4.85 Å². The van der Waals surface area contributed by atoms with Gasteiger partial charge in [0, 0.05) is 16.0 Å². The molecule has 1 spiro atoms. The highest BCUT2D eigenvalue weighted by atomic mass is 35.5. The Kier molecular flexibility index (Phi) is 3.63. The molecule has 31 heavy (non-hydrogen) atoms. The van der Waals surface area contributed by atoms with Gasteiger partial charge in [0.1, 0.15) is 0 Å². The van der Waals surface area contributed by atoms with Crippen LogP contribution in [0, 0.1) is 30.2 Å². The molecule has 4 fully saturated rings. The maximum Gasteiger partial charge on any atom is 0.187 e. The van der Waals surface area contributed by atoms with Gasteiger partial charge in [-0.15, -0.1) is 0 Å². The number of hydrogen-bond donors (Lipinski definition) is 0. The Morgan fingerprint density at radius 1 is 0.742 bits per heavy atom. The quantitative estimate of drug-likeness (QED) is 0.348. The molecule has 0 saturated heterocycles. The summed E-state index contributed by atoms with van der Waals surface area (Å²) in [6, 6.07) is 21.7. The van der Waals surface area contributed by atoms with Crippen LogP contribution in [0.25, 0.3) is 27.1 Å². The van der Waals surface area contributed by atoms with E-state index in [1.165, 1.54) is 59.9 Å². The minimum absolute atomic E-state index is 0.109. The number of nitrogens with zero attached hydrogens (tertiary/aromatic N) is 1. The van der Waals surface area contributed by atoms with Gasteiger partial charge in [-0.05, 0) is 95.7 Å². The largest absolute Gasteiger partial charge is 0.238 e. The third-order valence-corrected chi connectivity index (χ3v) is 9.27. The van der Waals surface area contributed by atoms with E-state index in [0.717, 1.165) is 39.9 Å². The summed E-state index contributed by atoms with van der Waals surface area (Å²) in [5.41, 5.74) is 8.86. The monoisotopic (exact) mass is 421 g/mol. The third kappa shape index (κ3) is 2.27. The van der Waals surface area contributed by atoms with Crippen molar-refractivity contribution < 1.29 is 0 Å². The molecule has 5 aliphatic carbocycles. The number of halogens is 1. The molecule has 3 aromatic rings. The highest BCUT2D eigenvalue weighted by molar-refractivity contribution is 6.33. The zero-order chi connectivity index (χ0) is 20.7. The fourth-order valence-electron chi connectivity index (χ4n) is 8.12. The minimum Gasteiger partial charge on any atom is -0.238 e. The first-order valence-electron chi connectivity index (χ1n) is 11.6. The molecule has 0 aromatic heterocycles. The van der Waals surface area contributed by atoms with Crippen molar-refractivity contribution in [3.05, 3.63) is 88.2 Å². The first-order chi connectivity index (χ1) is 15.2. The Morgan fingerprint density at radius 3 is 2.19 bits per heavy atom. The molecule has 0 atom stereocenters. The summed E-state index contributed by atoms with van der Waals surface area (Å²) in [5, 5.41) is 0.799. The average Bonchev–Trinajstić information content (AvgIpc) is 3.07. The van der Waals surface area contributed by atoms with Crippen LogP contribution >= 0.6 is 11.6 Å². The highest BCUT2D eigenvalue weighted by Gasteiger charge is 2.61. The molecule has 4 saturated carbocycles. The Bertz CT molecular complexity index is 1250. The fraction of sp³-hybridized carbons (Fsp3) is 0.345. The lowest BCUT2D eigenvalue weighted by Crippen LogP contribution is -2.55. The lowest BCUT2D eigenvalue weighted by Gasteiger charge is -2.61. The molecule has 0 unspecified atom stereocenters. The minimum atomic E-state index is 0.109. The molecule has 152 valence electrons. The fourth-order valence-corrected chi connectivity index (χ4v) is 8.37. The van der Waals surface area contributed by atoms with Gasteiger partial charge in [0.15, 0.2) is 5.69 Å². The van der Waals surface area contributed by atoms with Gasteiger partial charge in [-0.3, -0.25) is 0 Å². The summed E-state index contributed by atoms with van der Waals surface area (Å²) in [4.78, 5) is 3.82. The van der Waals surface area contributed by atoms with Gasteiger partial charge >= 0.3 is 0 Å². The van der Waals surface area contributed by atoms with E-state index in [4.69, 9.17) is 18.2 Å². The molecular weight excluding hydrogens is 398 g/mol. The van der Waals surface area contributed by atoms with Gasteiger partial charge in [0.25, 0.3) is 0 Å². The maximum atomic E-state index is 7.65. The molecule has 1 nitrogen and oxygen atoms in total. The molecule has 0 radical (unpaired) electrons. The van der Waals surface area contributed by atoms with Crippen molar-refractivity contribution in [1.29, 1.82) is 0 Å². The molecule has 3 aromatic carbocycles. The summed E-state index contributed by atoms with van der Waals surface area (Å²) in [5.74, 6) is 3.28. The van der Waals surface area contributed by atoms with Crippen LogP contribution in [-0.2, 0) is 5.41 Å². The van der Waals surface area contributed by atoms with E-state index >= 15 is 0 Å². The molecular formula is C29H24ClN. The molecule has 4 bridgehead atoms. The second kappa shape index (κ2) is 6.24. The van der Waals surface area contributed by atoms with Crippen LogP contribution in [0.2, 0.25) is 5.02 Å². The molecule has 8 rings (SSSR count). The number of benzene rings is 3. The van der Waals surface area contributed by atoms with Crippen LogP contribution in [0.15, 0.2) is 60.7 Å². The molecule has 5 aliphatic rings. The van der Waals surface area contributed by atoms with E-state index in [9.17, 15) is 0 Å². The zero-order valence-electron chi connectivity index (χ0n) is 17.4. The Labute approximate surface area is 188 Å². The second-order valence-electron chi connectivity index (χ2n) is 10.3. The van der Waals surface area contributed by atoms with Crippen molar-refractivity contribution in [2.45, 2.75) is 37.5 Å².